The molecule has 0 bridgehead atoms. The molecule has 166 valence electrons. The predicted octanol–water partition coefficient (Wildman–Crippen LogP) is 7.62. The Balaban J connectivity index is 1.69. The van der Waals surface area contributed by atoms with E-state index in [0.29, 0.717) is 12.5 Å². The number of hydrogen-bond acceptors (Lipinski definition) is 5. The Hall–Kier alpha value is -3.27. The van der Waals surface area contributed by atoms with E-state index in [1.807, 2.05) is 32.9 Å². The summed E-state index contributed by atoms with van der Waals surface area (Å²) in [6, 6.07) is 25.0. The van der Waals surface area contributed by atoms with Crippen molar-refractivity contribution in [3.05, 3.63) is 72.8 Å². The molecule has 1 atom stereocenters. The molecule has 6 heteroatoms. The number of rotatable bonds is 3. The predicted molar refractivity (Wildman–Crippen MR) is 135 cm³/mol. The molecular weight excluding hydrogens is 433 g/mol. The molecule has 0 radical (unpaired) electrons. The van der Waals surface area contributed by atoms with Gasteiger partial charge in [-0.3, -0.25) is 4.52 Å². The number of nitrogens with zero attached hydrogens (tertiary/aromatic N) is 1. The molecule has 1 aromatic heterocycles. The summed E-state index contributed by atoms with van der Waals surface area (Å²) in [7, 11) is -1.76. The third kappa shape index (κ3) is 3.49. The lowest BCUT2D eigenvalue weighted by Gasteiger charge is -2.21. The summed E-state index contributed by atoms with van der Waals surface area (Å²) in [5.41, 5.74) is 0.705. The van der Waals surface area contributed by atoms with Gasteiger partial charge in [0.1, 0.15) is 17.8 Å². The monoisotopic (exact) mass is 457 g/mol. The lowest BCUT2D eigenvalue weighted by molar-refractivity contribution is 0.188. The fraction of sp³-hybridized carbons (Fsp3) is 0.222. The van der Waals surface area contributed by atoms with Gasteiger partial charge in [-0.1, -0.05) is 60.7 Å². The van der Waals surface area contributed by atoms with Gasteiger partial charge in [0, 0.05) is 10.8 Å². The second-order valence-electron chi connectivity index (χ2n) is 8.92. The quantitative estimate of drug-likeness (QED) is 0.280. The first-order valence-electron chi connectivity index (χ1n) is 11.1. The lowest BCUT2D eigenvalue weighted by atomic mass is 9.99. The van der Waals surface area contributed by atoms with Crippen molar-refractivity contribution in [1.29, 1.82) is 0 Å². The van der Waals surface area contributed by atoms with E-state index in [-0.39, 0.29) is 6.04 Å². The maximum atomic E-state index is 6.43. The van der Waals surface area contributed by atoms with Crippen molar-refractivity contribution >= 4 is 57.6 Å². The summed E-state index contributed by atoms with van der Waals surface area (Å²) in [5.74, 6) is 0.575. The molecule has 6 rings (SSSR count). The standard InChI is InChI=1S/C27H24NO4P/c1-17-16-29-26(28-17)27(2,3)32-33-30-22-14-12-18-8-4-6-10-20(18)24(22)25-21-11-7-5-9-19(21)13-15-23(25)31-33/h4-15,17H,16H2,1-3H3/t17-/m1/s1. The van der Waals surface area contributed by atoms with Gasteiger partial charge < -0.3 is 13.1 Å². The molecule has 0 saturated carbocycles. The normalized spacial score (nSPS) is 16.5. The third-order valence-corrected chi connectivity index (χ3v) is 7.29. The Bertz CT molecular complexity index is 1500. The minimum atomic E-state index is -1.76. The maximum Gasteiger partial charge on any atom is 0.388 e. The molecule has 0 aliphatic carbocycles. The molecule has 4 aromatic carbocycles. The number of fused-ring (bicyclic) bond motifs is 7. The zero-order valence-corrected chi connectivity index (χ0v) is 19.6. The Morgan fingerprint density at radius 2 is 1.36 bits per heavy atom. The van der Waals surface area contributed by atoms with Crippen LogP contribution in [0.2, 0.25) is 0 Å². The van der Waals surface area contributed by atoms with Crippen LogP contribution >= 0.6 is 8.24 Å². The van der Waals surface area contributed by atoms with Gasteiger partial charge in [0.15, 0.2) is 5.60 Å². The van der Waals surface area contributed by atoms with Crippen LogP contribution in [-0.2, 0) is 4.74 Å². The molecule has 0 unspecified atom stereocenters. The van der Waals surface area contributed by atoms with Crippen molar-refractivity contribution < 1.29 is 17.7 Å². The number of benzene rings is 4. The highest BCUT2D eigenvalue weighted by Crippen LogP contribution is 2.41. The van der Waals surface area contributed by atoms with E-state index in [2.05, 4.69) is 65.7 Å². The Labute approximate surface area is 192 Å². The van der Waals surface area contributed by atoms with Crippen LogP contribution in [0.25, 0.3) is 43.5 Å². The second-order valence-corrected chi connectivity index (χ2v) is 9.92. The molecule has 5 aromatic rings. The van der Waals surface area contributed by atoms with Gasteiger partial charge in [0.25, 0.3) is 0 Å². The van der Waals surface area contributed by atoms with E-state index in [0.717, 1.165) is 43.5 Å². The number of ether oxygens (including phenoxy) is 1. The SMILES string of the molecule is C[C@@H]1COC(C(C)(C)Op2oc3ccc4ccccc4c3c3c(ccc4ccccc43)o2)=N1. The van der Waals surface area contributed by atoms with E-state index in [4.69, 9.17) is 17.7 Å². The highest BCUT2D eigenvalue weighted by atomic mass is 31.1. The molecule has 0 saturated heterocycles. The van der Waals surface area contributed by atoms with Gasteiger partial charge in [-0.25, -0.2) is 4.99 Å². The highest BCUT2D eigenvalue weighted by Gasteiger charge is 2.35. The highest BCUT2D eigenvalue weighted by molar-refractivity contribution is 7.32. The van der Waals surface area contributed by atoms with E-state index >= 15 is 0 Å². The molecule has 1 aliphatic rings. The molecular formula is C27H24NO4P. The number of hydrogen-bond donors (Lipinski definition) is 0. The van der Waals surface area contributed by atoms with Crippen LogP contribution < -0.4 is 4.52 Å². The summed E-state index contributed by atoms with van der Waals surface area (Å²) in [5, 5.41) is 6.57. The molecule has 2 heterocycles. The van der Waals surface area contributed by atoms with Crippen LogP contribution in [0.1, 0.15) is 20.8 Å². The van der Waals surface area contributed by atoms with E-state index in [9.17, 15) is 0 Å². The van der Waals surface area contributed by atoms with Gasteiger partial charge in [-0.15, -0.1) is 0 Å². The molecule has 0 amide bonds. The molecule has 0 spiro atoms. The Morgan fingerprint density at radius 1 is 0.818 bits per heavy atom. The maximum absolute atomic E-state index is 6.43. The minimum absolute atomic E-state index is 0.116. The van der Waals surface area contributed by atoms with Crippen molar-refractivity contribution in [3.8, 4) is 0 Å². The van der Waals surface area contributed by atoms with Crippen LogP contribution in [0.15, 0.2) is 86.2 Å². The molecule has 5 nitrogen and oxygen atoms in total. The summed E-state index contributed by atoms with van der Waals surface area (Å²) in [6.07, 6.45) is 0. The van der Waals surface area contributed by atoms with Gasteiger partial charge in [-0.05, 0) is 54.4 Å². The summed E-state index contributed by atoms with van der Waals surface area (Å²) < 4.78 is 25.0. The van der Waals surface area contributed by atoms with E-state index in [1.54, 1.807) is 0 Å². The van der Waals surface area contributed by atoms with Crippen LogP contribution in [0.4, 0.5) is 0 Å². The van der Waals surface area contributed by atoms with Gasteiger partial charge in [-0.2, -0.15) is 0 Å². The summed E-state index contributed by atoms with van der Waals surface area (Å²) in [6.45, 7) is 6.46. The zero-order chi connectivity index (χ0) is 22.6. The molecule has 1 aliphatic heterocycles. The van der Waals surface area contributed by atoms with Crippen LogP contribution in [0.3, 0.4) is 0 Å². The van der Waals surface area contributed by atoms with Crippen LogP contribution in [0.5, 0.6) is 0 Å². The first-order chi connectivity index (χ1) is 16.0. The molecule has 0 fully saturated rings. The van der Waals surface area contributed by atoms with E-state index < -0.39 is 13.8 Å². The lowest BCUT2D eigenvalue weighted by Crippen LogP contribution is -2.37. The largest absolute Gasteiger partial charge is 0.477 e. The average molecular weight is 457 g/mol. The van der Waals surface area contributed by atoms with Crippen molar-refractivity contribution in [3.63, 3.8) is 0 Å². The fourth-order valence-corrected chi connectivity index (χ4v) is 5.60. The zero-order valence-electron chi connectivity index (χ0n) is 18.7. The first-order valence-corrected chi connectivity index (χ1v) is 12.2. The van der Waals surface area contributed by atoms with Gasteiger partial charge in [0.2, 0.25) is 5.90 Å². The van der Waals surface area contributed by atoms with Crippen molar-refractivity contribution in [2.75, 3.05) is 6.61 Å². The smallest absolute Gasteiger partial charge is 0.388 e. The summed E-state index contributed by atoms with van der Waals surface area (Å²) in [4.78, 5) is 4.59. The Morgan fingerprint density at radius 3 is 1.88 bits per heavy atom. The third-order valence-electron chi connectivity index (χ3n) is 5.99. The van der Waals surface area contributed by atoms with Crippen LogP contribution in [0, 0.1) is 0 Å². The second kappa shape index (κ2) is 7.65. The van der Waals surface area contributed by atoms with Crippen molar-refractivity contribution in [1.82, 2.24) is 0 Å². The molecule has 33 heavy (non-hydrogen) atoms. The molecule has 0 N–H and O–H groups in total. The van der Waals surface area contributed by atoms with Gasteiger partial charge >= 0.3 is 8.24 Å². The van der Waals surface area contributed by atoms with Crippen molar-refractivity contribution in [2.45, 2.75) is 32.4 Å². The number of aliphatic imine (C=N–C) groups is 1. The first kappa shape index (κ1) is 20.3. The van der Waals surface area contributed by atoms with Gasteiger partial charge in [0.05, 0.1) is 6.04 Å². The Kier molecular flexibility index (Phi) is 4.72. The van der Waals surface area contributed by atoms with E-state index in [1.165, 1.54) is 0 Å². The fourth-order valence-electron chi connectivity index (χ4n) is 4.42. The average Bonchev–Trinajstić information content (AvgIpc) is 3.19. The topological polar surface area (TPSA) is 57.1 Å². The van der Waals surface area contributed by atoms with Crippen molar-refractivity contribution in [2.24, 2.45) is 4.99 Å². The van der Waals surface area contributed by atoms with Crippen LogP contribution in [-0.4, -0.2) is 24.1 Å². The summed E-state index contributed by atoms with van der Waals surface area (Å²) >= 11 is 0. The minimum Gasteiger partial charge on any atom is -0.477 e.